The van der Waals surface area contributed by atoms with Gasteiger partial charge in [-0.05, 0) is 88.7 Å². The van der Waals surface area contributed by atoms with Crippen molar-refractivity contribution in [2.24, 2.45) is 5.10 Å². The molecule has 0 fully saturated rings. The van der Waals surface area contributed by atoms with Crippen LogP contribution in [0.4, 0.5) is 0 Å². The lowest BCUT2D eigenvalue weighted by Crippen LogP contribution is -2.17. The quantitative estimate of drug-likeness (QED) is 0.180. The van der Waals surface area contributed by atoms with E-state index in [9.17, 15) is 4.79 Å². The Hall–Kier alpha value is -2.78. The van der Waals surface area contributed by atoms with E-state index in [2.05, 4.69) is 33.1 Å². The Balaban J connectivity index is 1.62. The van der Waals surface area contributed by atoms with Crippen LogP contribution in [0.1, 0.15) is 34.8 Å². The molecule has 3 aromatic rings. The summed E-state index contributed by atoms with van der Waals surface area (Å²) in [5, 5.41) is 4.75. The lowest BCUT2D eigenvalue weighted by Gasteiger charge is -2.13. The third-order valence-electron chi connectivity index (χ3n) is 4.52. The number of rotatable bonds is 10. The van der Waals surface area contributed by atoms with Gasteiger partial charge in [-0.25, -0.2) is 5.43 Å². The molecule has 0 aliphatic heterocycles. The molecule has 0 unspecified atom stereocenters. The van der Waals surface area contributed by atoms with Crippen molar-refractivity contribution in [2.75, 3.05) is 13.7 Å². The number of halogens is 2. The van der Waals surface area contributed by atoms with Gasteiger partial charge < -0.3 is 14.2 Å². The van der Waals surface area contributed by atoms with Crippen molar-refractivity contribution in [3.63, 3.8) is 0 Å². The van der Waals surface area contributed by atoms with Crippen LogP contribution in [0.25, 0.3) is 0 Å². The summed E-state index contributed by atoms with van der Waals surface area (Å²) in [6.45, 7) is 3.07. The minimum Gasteiger partial charge on any atom is -0.494 e. The van der Waals surface area contributed by atoms with Gasteiger partial charge in [0.1, 0.15) is 12.4 Å². The maximum absolute atomic E-state index is 12.3. The fraction of sp³-hybridized carbons (Fsp3) is 0.200. The number of carbonyl (C=O) groups excluding carboxylic acids is 1. The number of amides is 1. The molecule has 0 heterocycles. The first-order valence-electron chi connectivity index (χ1n) is 10.3. The predicted molar refractivity (Wildman–Crippen MR) is 139 cm³/mol. The Labute approximate surface area is 212 Å². The third kappa shape index (κ3) is 7.36. The molecule has 0 aliphatic rings. The van der Waals surface area contributed by atoms with Crippen LogP contribution in [0.3, 0.4) is 0 Å². The van der Waals surface area contributed by atoms with Crippen LogP contribution < -0.4 is 19.6 Å². The van der Waals surface area contributed by atoms with Gasteiger partial charge in [-0.2, -0.15) is 5.10 Å². The molecule has 0 saturated carbocycles. The Morgan fingerprint density at radius 1 is 1.09 bits per heavy atom. The molecule has 0 spiro atoms. The van der Waals surface area contributed by atoms with Crippen LogP contribution in [0, 0.1) is 3.57 Å². The molecule has 0 atom stereocenters. The van der Waals surface area contributed by atoms with Gasteiger partial charge in [-0.15, -0.1) is 0 Å². The summed E-state index contributed by atoms with van der Waals surface area (Å²) in [6.07, 6.45) is 2.49. The standard InChI is InChI=1S/C25H24ClIN2O4/c1-3-12-32-21-10-6-19(7-11-21)25(30)29-28-15-18-13-22(27)24(23(14-18)31-2)33-16-17-4-8-20(26)9-5-17/h4-11,13-15H,3,12,16H2,1-2H3,(H,29,30)/b28-15-. The molecule has 8 heteroatoms. The van der Waals surface area contributed by atoms with Gasteiger partial charge in [-0.3, -0.25) is 4.79 Å². The molecule has 172 valence electrons. The van der Waals surface area contributed by atoms with E-state index in [1.165, 1.54) is 0 Å². The van der Waals surface area contributed by atoms with Crippen molar-refractivity contribution in [1.29, 1.82) is 0 Å². The number of nitrogens with zero attached hydrogens (tertiary/aromatic N) is 1. The van der Waals surface area contributed by atoms with Gasteiger partial charge in [0.05, 0.1) is 23.5 Å². The highest BCUT2D eigenvalue weighted by atomic mass is 127. The highest BCUT2D eigenvalue weighted by Gasteiger charge is 2.12. The highest BCUT2D eigenvalue weighted by molar-refractivity contribution is 14.1. The predicted octanol–water partition coefficient (Wildman–Crippen LogP) is 6.08. The van der Waals surface area contributed by atoms with Crippen molar-refractivity contribution in [2.45, 2.75) is 20.0 Å². The maximum atomic E-state index is 12.3. The number of methoxy groups -OCH3 is 1. The molecule has 33 heavy (non-hydrogen) atoms. The summed E-state index contributed by atoms with van der Waals surface area (Å²) >= 11 is 8.12. The minimum absolute atomic E-state index is 0.308. The summed E-state index contributed by atoms with van der Waals surface area (Å²) in [7, 11) is 1.58. The molecule has 6 nitrogen and oxygen atoms in total. The Kier molecular flexibility index (Phi) is 9.38. The van der Waals surface area contributed by atoms with Crippen LogP contribution in [0.15, 0.2) is 65.8 Å². The second-order valence-electron chi connectivity index (χ2n) is 7.02. The number of nitrogens with one attached hydrogen (secondary N) is 1. The lowest BCUT2D eigenvalue weighted by molar-refractivity contribution is 0.0955. The molecule has 3 rings (SSSR count). The zero-order valence-electron chi connectivity index (χ0n) is 18.3. The number of hydrogen-bond donors (Lipinski definition) is 1. The first-order valence-corrected chi connectivity index (χ1v) is 11.8. The molecular weight excluding hydrogens is 555 g/mol. The summed E-state index contributed by atoms with van der Waals surface area (Å²) < 4.78 is 17.9. The number of ether oxygens (including phenoxy) is 3. The van der Waals surface area contributed by atoms with Crippen LogP contribution >= 0.6 is 34.2 Å². The second-order valence-corrected chi connectivity index (χ2v) is 8.62. The molecule has 0 radical (unpaired) electrons. The largest absolute Gasteiger partial charge is 0.494 e. The zero-order chi connectivity index (χ0) is 23.6. The fourth-order valence-electron chi connectivity index (χ4n) is 2.84. The molecule has 0 saturated heterocycles. The molecule has 0 aliphatic carbocycles. The molecule has 1 amide bonds. The number of benzene rings is 3. The van der Waals surface area contributed by atoms with E-state index in [1.807, 2.05) is 37.3 Å². The van der Waals surface area contributed by atoms with Crippen molar-refractivity contribution < 1.29 is 19.0 Å². The van der Waals surface area contributed by atoms with Crippen LogP contribution in [-0.4, -0.2) is 25.8 Å². The van der Waals surface area contributed by atoms with Gasteiger partial charge >= 0.3 is 0 Å². The Bertz CT molecular complexity index is 1100. The van der Waals surface area contributed by atoms with Gasteiger partial charge in [-0.1, -0.05) is 30.7 Å². The average molecular weight is 579 g/mol. The van der Waals surface area contributed by atoms with Crippen molar-refractivity contribution in [3.05, 3.63) is 85.9 Å². The summed E-state index contributed by atoms with van der Waals surface area (Å²) in [4.78, 5) is 12.3. The van der Waals surface area contributed by atoms with Crippen molar-refractivity contribution in [3.8, 4) is 17.2 Å². The van der Waals surface area contributed by atoms with Gasteiger partial charge in [0.25, 0.3) is 5.91 Å². The highest BCUT2D eigenvalue weighted by Crippen LogP contribution is 2.34. The Morgan fingerprint density at radius 2 is 1.82 bits per heavy atom. The van der Waals surface area contributed by atoms with E-state index in [4.69, 9.17) is 25.8 Å². The zero-order valence-corrected chi connectivity index (χ0v) is 21.2. The summed E-state index contributed by atoms with van der Waals surface area (Å²) in [5.74, 6) is 1.64. The van der Waals surface area contributed by atoms with Crippen molar-refractivity contribution >= 4 is 46.3 Å². The van der Waals surface area contributed by atoms with Gasteiger partial charge in [0.2, 0.25) is 0 Å². The first-order chi connectivity index (χ1) is 16.0. The number of carbonyl (C=O) groups is 1. The second kappa shape index (κ2) is 12.5. The van der Waals surface area contributed by atoms with E-state index < -0.39 is 0 Å². The molecule has 0 bridgehead atoms. The van der Waals surface area contributed by atoms with Crippen LogP contribution in [0.2, 0.25) is 5.02 Å². The van der Waals surface area contributed by atoms with E-state index >= 15 is 0 Å². The topological polar surface area (TPSA) is 69.2 Å². The summed E-state index contributed by atoms with van der Waals surface area (Å²) in [5.41, 5.74) is 4.79. The molecule has 0 aromatic heterocycles. The van der Waals surface area contributed by atoms with Crippen LogP contribution in [0.5, 0.6) is 17.2 Å². The molecule has 1 N–H and O–H groups in total. The van der Waals surface area contributed by atoms with Crippen LogP contribution in [-0.2, 0) is 6.61 Å². The molecule has 3 aromatic carbocycles. The van der Waals surface area contributed by atoms with Gasteiger partial charge in [0.15, 0.2) is 11.5 Å². The normalized spacial score (nSPS) is 10.8. The SMILES string of the molecule is CCCOc1ccc(C(=O)N/N=C\c2cc(I)c(OCc3ccc(Cl)cc3)c(OC)c2)cc1. The number of hydrogen-bond acceptors (Lipinski definition) is 5. The van der Waals surface area contributed by atoms with E-state index in [1.54, 1.807) is 43.7 Å². The fourth-order valence-corrected chi connectivity index (χ4v) is 3.75. The third-order valence-corrected chi connectivity index (χ3v) is 5.57. The Morgan fingerprint density at radius 3 is 2.48 bits per heavy atom. The average Bonchev–Trinajstić information content (AvgIpc) is 2.83. The van der Waals surface area contributed by atoms with E-state index in [0.717, 1.165) is 26.9 Å². The van der Waals surface area contributed by atoms with E-state index in [-0.39, 0.29) is 5.91 Å². The number of hydrazone groups is 1. The first kappa shape index (κ1) is 24.9. The smallest absolute Gasteiger partial charge is 0.271 e. The van der Waals surface area contributed by atoms with Gasteiger partial charge in [0, 0.05) is 10.6 Å². The lowest BCUT2D eigenvalue weighted by atomic mass is 10.2. The maximum Gasteiger partial charge on any atom is 0.271 e. The minimum atomic E-state index is -0.308. The van der Waals surface area contributed by atoms with E-state index in [0.29, 0.717) is 35.3 Å². The molecular formula is C25H24ClIN2O4. The van der Waals surface area contributed by atoms with Crippen molar-refractivity contribution in [1.82, 2.24) is 5.43 Å². The summed E-state index contributed by atoms with van der Waals surface area (Å²) in [6, 6.07) is 18.1. The monoisotopic (exact) mass is 578 g/mol.